The Kier molecular flexibility index (Phi) is 18.1. The number of likely N-dealkylation sites (tertiary alicyclic amines) is 1. The summed E-state index contributed by atoms with van der Waals surface area (Å²) in [5.74, 6) is -2.61. The van der Waals surface area contributed by atoms with E-state index in [0.717, 1.165) is 5.56 Å². The molecule has 0 spiro atoms. The van der Waals surface area contributed by atoms with E-state index in [2.05, 4.69) is 26.3 Å². The summed E-state index contributed by atoms with van der Waals surface area (Å²) >= 11 is 1.29. The highest BCUT2D eigenvalue weighted by atomic mass is 32.1. The average molecular weight is 907 g/mol. The van der Waals surface area contributed by atoms with E-state index in [9.17, 15) is 34.2 Å². The Bertz CT molecular complexity index is 2220. The molecular formula is C45H55FN6O11S. The summed E-state index contributed by atoms with van der Waals surface area (Å²) in [7, 11) is 1.81. The van der Waals surface area contributed by atoms with Crippen molar-refractivity contribution in [3.05, 3.63) is 88.7 Å². The van der Waals surface area contributed by atoms with E-state index in [1.807, 2.05) is 27.8 Å². The average Bonchev–Trinajstić information content (AvgIpc) is 3.93. The minimum absolute atomic E-state index is 0.00799. The van der Waals surface area contributed by atoms with Crippen LogP contribution in [0.1, 0.15) is 48.7 Å². The van der Waals surface area contributed by atoms with Gasteiger partial charge in [0.25, 0.3) is 0 Å². The molecule has 1 unspecified atom stereocenters. The van der Waals surface area contributed by atoms with E-state index in [1.165, 1.54) is 52.6 Å². The lowest BCUT2D eigenvalue weighted by Crippen LogP contribution is -2.55. The number of hydrogen-bond donors (Lipinski definition) is 6. The molecule has 1 fully saturated rings. The smallest absolute Gasteiger partial charge is 0.335 e. The number of carboxylic acid groups (broad SMARTS) is 1. The summed E-state index contributed by atoms with van der Waals surface area (Å²) in [6.07, 6.45) is 2.02. The van der Waals surface area contributed by atoms with Gasteiger partial charge in [0.05, 0.1) is 31.3 Å². The van der Waals surface area contributed by atoms with Crippen LogP contribution in [-0.2, 0) is 41.5 Å². The van der Waals surface area contributed by atoms with Gasteiger partial charge in [0.15, 0.2) is 16.6 Å². The lowest BCUT2D eigenvalue weighted by atomic mass is 9.85. The van der Waals surface area contributed by atoms with Crippen molar-refractivity contribution in [1.82, 2.24) is 25.8 Å². The maximum Gasteiger partial charge on any atom is 0.335 e. The zero-order valence-electron chi connectivity index (χ0n) is 36.2. The van der Waals surface area contributed by atoms with Crippen LogP contribution in [0.25, 0.3) is 11.1 Å². The number of thiazole rings is 1. The fourth-order valence-electron chi connectivity index (χ4n) is 6.67. The Labute approximate surface area is 374 Å². The minimum atomic E-state index is -1.09. The number of carbonyl (C=O) groups excluding carboxylic acids is 4. The van der Waals surface area contributed by atoms with Crippen molar-refractivity contribution >= 4 is 46.1 Å². The molecule has 0 aliphatic carbocycles. The number of halogens is 1. The SMILES string of the molecule is CNCCc1cc(OCCOCCNC(=O)COCC(=O)NC(C(=O)N2CC[C@@H](O)C2)C(C)(C)C)c(Oc2ccc(-c3ccc(C(=O)O)cc3)c(F)c2)cc1CC(=O)Nc1nccs1. The number of carboxylic acids is 1. The molecule has 2 heterocycles. The summed E-state index contributed by atoms with van der Waals surface area (Å²) in [5.41, 5.74) is 1.66. The molecule has 2 atom stereocenters. The molecule has 0 saturated carbocycles. The van der Waals surface area contributed by atoms with Crippen LogP contribution in [0.4, 0.5) is 9.52 Å². The number of aromatic carboxylic acids is 1. The molecule has 1 aromatic heterocycles. The number of hydrogen-bond acceptors (Lipinski definition) is 13. The van der Waals surface area contributed by atoms with Crippen LogP contribution in [0.2, 0.25) is 0 Å². The summed E-state index contributed by atoms with van der Waals surface area (Å²) in [5, 5.41) is 32.6. The van der Waals surface area contributed by atoms with E-state index < -0.39 is 54.4 Å². The number of ether oxygens (including phenoxy) is 4. The molecule has 17 nitrogen and oxygen atoms in total. The van der Waals surface area contributed by atoms with E-state index in [0.29, 0.717) is 47.9 Å². The number of anilines is 1. The number of amides is 4. The van der Waals surface area contributed by atoms with Crippen molar-refractivity contribution in [1.29, 1.82) is 0 Å². The summed E-state index contributed by atoms with van der Waals surface area (Å²) < 4.78 is 38.8. The van der Waals surface area contributed by atoms with E-state index in [1.54, 1.807) is 29.8 Å². The Morgan fingerprint density at radius 1 is 0.922 bits per heavy atom. The highest BCUT2D eigenvalue weighted by Gasteiger charge is 2.38. The zero-order chi connectivity index (χ0) is 46.2. The van der Waals surface area contributed by atoms with Gasteiger partial charge in [0.1, 0.15) is 37.4 Å². The van der Waals surface area contributed by atoms with Crippen molar-refractivity contribution in [2.45, 2.75) is 52.2 Å². The monoisotopic (exact) mass is 906 g/mol. The second-order valence-electron chi connectivity index (χ2n) is 16.0. The summed E-state index contributed by atoms with van der Waals surface area (Å²) in [4.78, 5) is 68.1. The molecule has 6 N–H and O–H groups in total. The van der Waals surface area contributed by atoms with Crippen LogP contribution in [0.5, 0.6) is 17.2 Å². The third kappa shape index (κ3) is 14.8. The van der Waals surface area contributed by atoms with Gasteiger partial charge in [-0.25, -0.2) is 14.2 Å². The van der Waals surface area contributed by atoms with Crippen LogP contribution in [0.3, 0.4) is 0 Å². The second-order valence-corrected chi connectivity index (χ2v) is 16.9. The highest BCUT2D eigenvalue weighted by Crippen LogP contribution is 2.37. The molecular weight excluding hydrogens is 852 g/mol. The van der Waals surface area contributed by atoms with Crippen molar-refractivity contribution in [2.75, 3.05) is 71.6 Å². The van der Waals surface area contributed by atoms with Crippen molar-refractivity contribution in [3.63, 3.8) is 0 Å². The molecule has 4 aromatic rings. The van der Waals surface area contributed by atoms with Gasteiger partial charge >= 0.3 is 5.97 Å². The van der Waals surface area contributed by atoms with Crippen LogP contribution in [-0.4, -0.2) is 128 Å². The van der Waals surface area contributed by atoms with Crippen molar-refractivity contribution in [3.8, 4) is 28.4 Å². The number of nitrogens with zero attached hydrogens (tertiary/aromatic N) is 2. The number of rotatable bonds is 23. The predicted octanol–water partition coefficient (Wildman–Crippen LogP) is 4.04. The highest BCUT2D eigenvalue weighted by molar-refractivity contribution is 7.13. The molecule has 0 radical (unpaired) electrons. The maximum absolute atomic E-state index is 15.5. The lowest BCUT2D eigenvalue weighted by Gasteiger charge is -2.33. The van der Waals surface area contributed by atoms with Crippen LogP contribution < -0.4 is 30.7 Å². The first-order chi connectivity index (χ1) is 30.6. The van der Waals surface area contributed by atoms with Crippen molar-refractivity contribution < 1.29 is 57.5 Å². The summed E-state index contributed by atoms with van der Waals surface area (Å²) in [6, 6.07) is 12.8. The fourth-order valence-corrected chi connectivity index (χ4v) is 7.21. The molecule has 1 aliphatic rings. The topological polar surface area (TPSA) is 227 Å². The molecule has 64 heavy (non-hydrogen) atoms. The van der Waals surface area contributed by atoms with E-state index in [4.69, 9.17) is 18.9 Å². The zero-order valence-corrected chi connectivity index (χ0v) is 37.1. The predicted molar refractivity (Wildman–Crippen MR) is 236 cm³/mol. The van der Waals surface area contributed by atoms with Gasteiger partial charge in [-0.15, -0.1) is 11.3 Å². The quantitative estimate of drug-likeness (QED) is 0.0579. The molecule has 1 aliphatic heterocycles. The third-order valence-electron chi connectivity index (χ3n) is 9.96. The molecule has 19 heteroatoms. The Morgan fingerprint density at radius 3 is 2.33 bits per heavy atom. The number of likely N-dealkylation sites (N-methyl/N-ethyl adjacent to an activating group) is 1. The first-order valence-corrected chi connectivity index (χ1v) is 21.6. The normalized spacial score (nSPS) is 14.2. The number of nitrogens with one attached hydrogen (secondary N) is 4. The van der Waals surface area contributed by atoms with Gasteiger partial charge in [-0.1, -0.05) is 32.9 Å². The fraction of sp³-hybridized carbons (Fsp3) is 0.422. The first kappa shape index (κ1) is 49.0. The van der Waals surface area contributed by atoms with Crippen molar-refractivity contribution in [2.24, 2.45) is 5.41 Å². The molecule has 3 aromatic carbocycles. The molecule has 4 amide bonds. The van der Waals surface area contributed by atoms with Gasteiger partial charge in [-0.2, -0.15) is 0 Å². The van der Waals surface area contributed by atoms with E-state index in [-0.39, 0.29) is 73.8 Å². The number of benzene rings is 3. The maximum atomic E-state index is 15.5. The van der Waals surface area contributed by atoms with Crippen LogP contribution in [0.15, 0.2) is 66.2 Å². The second kappa shape index (κ2) is 23.6. The van der Waals surface area contributed by atoms with Crippen LogP contribution in [0, 0.1) is 11.2 Å². The Hall–Kier alpha value is -5.99. The van der Waals surface area contributed by atoms with Gasteiger partial charge in [-0.05, 0) is 84.9 Å². The van der Waals surface area contributed by atoms with Gasteiger partial charge < -0.3 is 55.3 Å². The standard InChI is InChI=1S/C45H55FN6O11S/c1-45(2,3)41(42(57)52-16-12-32(53)25-52)50-40(56)27-61-26-39(55)48-14-17-60-18-19-62-36-21-30(11-13-47-4)31(23-38(54)51-44-49-15-20-64-44)22-37(36)63-33-9-10-34(35(46)24-33)28-5-7-29(8-6-28)43(58)59/h5-10,15,20-22,24,32,41,47,53H,11-14,16-19,23,25-27H2,1-4H3,(H,48,55)(H,50,56)(H,58,59)(H,49,51,54)/t32-,41?/m1/s1. The third-order valence-corrected chi connectivity index (χ3v) is 10.7. The molecule has 344 valence electrons. The van der Waals surface area contributed by atoms with E-state index >= 15 is 4.39 Å². The Morgan fingerprint density at radius 2 is 1.67 bits per heavy atom. The van der Waals surface area contributed by atoms with Gasteiger partial charge in [-0.3, -0.25) is 19.2 Å². The molecule has 1 saturated heterocycles. The van der Waals surface area contributed by atoms with Gasteiger partial charge in [0.2, 0.25) is 23.6 Å². The largest absolute Gasteiger partial charge is 0.487 e. The number of aliphatic hydroxyl groups is 1. The summed E-state index contributed by atoms with van der Waals surface area (Å²) in [6.45, 7) is 6.32. The Balaban J connectivity index is 1.15. The first-order valence-electron chi connectivity index (χ1n) is 20.7. The number of aliphatic hydroxyl groups excluding tert-OH is 1. The molecule has 0 bridgehead atoms. The number of aromatic nitrogens is 1. The van der Waals surface area contributed by atoms with Gasteiger partial charge in [0, 0.05) is 42.8 Å². The lowest BCUT2D eigenvalue weighted by molar-refractivity contribution is -0.140. The minimum Gasteiger partial charge on any atom is -0.487 e. The number of carbonyl (C=O) groups is 5. The molecule has 5 rings (SSSR count). The van der Waals surface area contributed by atoms with Crippen LogP contribution >= 0.6 is 11.3 Å². The number of β-amino-alcohol motifs (C(OH)–C–C–N with tert-alkyl or cyclic N) is 1.